The van der Waals surface area contributed by atoms with E-state index in [1.807, 2.05) is 6.92 Å². The van der Waals surface area contributed by atoms with Crippen molar-refractivity contribution in [2.45, 2.75) is 45.2 Å². The molecule has 3 atom stereocenters. The van der Waals surface area contributed by atoms with Gasteiger partial charge in [-0.05, 0) is 13.8 Å². The van der Waals surface area contributed by atoms with Gasteiger partial charge in [-0.1, -0.05) is 0 Å². The predicted octanol–water partition coefficient (Wildman–Crippen LogP) is 1.72. The molecule has 0 spiro atoms. The fourth-order valence-corrected chi connectivity index (χ4v) is 1.73. The number of rotatable bonds is 3. The van der Waals surface area contributed by atoms with Gasteiger partial charge in [0.15, 0.2) is 6.29 Å². The van der Waals surface area contributed by atoms with Crippen LogP contribution in [0.15, 0.2) is 0 Å². The van der Waals surface area contributed by atoms with E-state index in [1.54, 1.807) is 6.92 Å². The monoisotopic (exact) mass is 206 g/mol. The van der Waals surface area contributed by atoms with E-state index in [0.717, 1.165) is 0 Å². The maximum absolute atomic E-state index is 10.9. The van der Waals surface area contributed by atoms with Crippen molar-refractivity contribution in [1.82, 2.24) is 0 Å². The SMILES string of the molecule is CC(=O)C[C@H]1C[C@@H](CCl)O[C@@H](C)O1. The summed E-state index contributed by atoms with van der Waals surface area (Å²) >= 11 is 5.68. The fourth-order valence-electron chi connectivity index (χ4n) is 1.53. The lowest BCUT2D eigenvalue weighted by Crippen LogP contribution is -2.38. The Morgan fingerprint density at radius 2 is 2.08 bits per heavy atom. The van der Waals surface area contributed by atoms with Crippen molar-refractivity contribution in [3.63, 3.8) is 0 Å². The maximum Gasteiger partial charge on any atom is 0.155 e. The number of hydrogen-bond donors (Lipinski definition) is 0. The number of alkyl halides is 1. The molecule has 1 aliphatic heterocycles. The summed E-state index contributed by atoms with van der Waals surface area (Å²) in [7, 11) is 0. The molecule has 1 rings (SSSR count). The number of ketones is 1. The van der Waals surface area contributed by atoms with Crippen LogP contribution in [0.25, 0.3) is 0 Å². The van der Waals surface area contributed by atoms with Gasteiger partial charge >= 0.3 is 0 Å². The van der Waals surface area contributed by atoms with E-state index in [-0.39, 0.29) is 24.3 Å². The third-order valence-electron chi connectivity index (χ3n) is 1.98. The molecule has 0 unspecified atom stereocenters. The van der Waals surface area contributed by atoms with E-state index in [0.29, 0.717) is 18.7 Å². The number of hydrogen-bond acceptors (Lipinski definition) is 3. The lowest BCUT2D eigenvalue weighted by Gasteiger charge is -2.32. The summed E-state index contributed by atoms with van der Waals surface area (Å²) in [6.45, 7) is 3.39. The van der Waals surface area contributed by atoms with Crippen molar-refractivity contribution in [3.05, 3.63) is 0 Å². The molecule has 76 valence electrons. The summed E-state index contributed by atoms with van der Waals surface area (Å²) in [5.74, 6) is 0.606. The van der Waals surface area contributed by atoms with E-state index in [4.69, 9.17) is 21.1 Å². The van der Waals surface area contributed by atoms with Gasteiger partial charge in [0.2, 0.25) is 0 Å². The molecule has 1 saturated heterocycles. The van der Waals surface area contributed by atoms with Crippen LogP contribution in [0.3, 0.4) is 0 Å². The lowest BCUT2D eigenvalue weighted by atomic mass is 10.1. The zero-order valence-corrected chi connectivity index (χ0v) is 8.71. The number of carbonyl (C=O) groups excluding carboxylic acids is 1. The zero-order valence-electron chi connectivity index (χ0n) is 7.96. The van der Waals surface area contributed by atoms with Crippen LogP contribution in [0.1, 0.15) is 26.7 Å². The Labute approximate surface area is 83.3 Å². The van der Waals surface area contributed by atoms with Crippen LogP contribution in [-0.4, -0.2) is 30.2 Å². The highest BCUT2D eigenvalue weighted by Crippen LogP contribution is 2.21. The highest BCUT2D eigenvalue weighted by molar-refractivity contribution is 6.18. The summed E-state index contributed by atoms with van der Waals surface area (Å²) in [6, 6.07) is 0. The van der Waals surface area contributed by atoms with Gasteiger partial charge in [0, 0.05) is 18.7 Å². The Morgan fingerprint density at radius 3 is 2.62 bits per heavy atom. The van der Waals surface area contributed by atoms with Crippen molar-refractivity contribution in [2.24, 2.45) is 0 Å². The molecule has 0 bridgehead atoms. The van der Waals surface area contributed by atoms with E-state index in [1.165, 1.54) is 0 Å². The minimum Gasteiger partial charge on any atom is -0.349 e. The minimum atomic E-state index is -0.248. The summed E-state index contributed by atoms with van der Waals surface area (Å²) in [6.07, 6.45) is 0.927. The average molecular weight is 207 g/mol. The van der Waals surface area contributed by atoms with Crippen LogP contribution in [0, 0.1) is 0 Å². The first-order valence-electron chi connectivity index (χ1n) is 4.48. The van der Waals surface area contributed by atoms with Gasteiger partial charge in [-0.15, -0.1) is 11.6 Å². The molecule has 1 fully saturated rings. The van der Waals surface area contributed by atoms with Crippen molar-refractivity contribution in [1.29, 1.82) is 0 Å². The summed E-state index contributed by atoms with van der Waals surface area (Å²) in [5, 5.41) is 0. The summed E-state index contributed by atoms with van der Waals surface area (Å²) < 4.78 is 10.8. The van der Waals surface area contributed by atoms with E-state index < -0.39 is 0 Å². The standard InChI is InChI=1S/C9H15ClO3/c1-6(11)3-8-4-9(5-10)13-7(2)12-8/h7-9H,3-5H2,1-2H3/t7-,8-,9-/m0/s1. The highest BCUT2D eigenvalue weighted by atomic mass is 35.5. The Kier molecular flexibility index (Phi) is 4.16. The van der Waals surface area contributed by atoms with Gasteiger partial charge < -0.3 is 9.47 Å². The molecule has 0 radical (unpaired) electrons. The average Bonchev–Trinajstić information content (AvgIpc) is 2.01. The molecule has 0 aliphatic carbocycles. The third-order valence-corrected chi connectivity index (χ3v) is 2.33. The molecule has 4 heteroatoms. The van der Waals surface area contributed by atoms with Gasteiger partial charge in [0.05, 0.1) is 12.2 Å². The van der Waals surface area contributed by atoms with Crippen molar-refractivity contribution in [2.75, 3.05) is 5.88 Å². The number of carbonyl (C=O) groups is 1. The number of ether oxygens (including phenoxy) is 2. The van der Waals surface area contributed by atoms with E-state index in [2.05, 4.69) is 0 Å². The van der Waals surface area contributed by atoms with Gasteiger partial charge in [-0.25, -0.2) is 0 Å². The second-order valence-corrected chi connectivity index (χ2v) is 3.69. The molecule has 0 N–H and O–H groups in total. The minimum absolute atomic E-state index is 0.0229. The highest BCUT2D eigenvalue weighted by Gasteiger charge is 2.27. The summed E-state index contributed by atoms with van der Waals surface area (Å²) in [4.78, 5) is 10.9. The molecule has 0 aromatic carbocycles. The first-order chi connectivity index (χ1) is 6.11. The topological polar surface area (TPSA) is 35.5 Å². The van der Waals surface area contributed by atoms with Gasteiger partial charge in [-0.2, -0.15) is 0 Å². The molecule has 3 nitrogen and oxygen atoms in total. The van der Waals surface area contributed by atoms with Crippen molar-refractivity contribution in [3.8, 4) is 0 Å². The first-order valence-corrected chi connectivity index (χ1v) is 5.01. The molecule has 1 heterocycles. The van der Waals surface area contributed by atoms with Crippen LogP contribution >= 0.6 is 11.6 Å². The Hall–Kier alpha value is -0.120. The molecular formula is C9H15ClO3. The van der Waals surface area contributed by atoms with Crippen molar-refractivity contribution >= 4 is 17.4 Å². The largest absolute Gasteiger partial charge is 0.349 e. The van der Waals surface area contributed by atoms with E-state index >= 15 is 0 Å². The quantitative estimate of drug-likeness (QED) is 0.660. The van der Waals surface area contributed by atoms with Crippen LogP contribution in [0.2, 0.25) is 0 Å². The normalized spacial score (nSPS) is 34.5. The number of halogens is 1. The maximum atomic E-state index is 10.9. The molecule has 0 aromatic rings. The Morgan fingerprint density at radius 1 is 1.46 bits per heavy atom. The molecule has 1 aliphatic rings. The molecule has 0 amide bonds. The first kappa shape index (κ1) is 11.0. The fraction of sp³-hybridized carbons (Fsp3) is 0.889. The second kappa shape index (κ2) is 4.94. The summed E-state index contributed by atoms with van der Waals surface area (Å²) in [5.41, 5.74) is 0. The zero-order chi connectivity index (χ0) is 9.84. The van der Waals surface area contributed by atoms with Gasteiger partial charge in [-0.3, -0.25) is 4.79 Å². The van der Waals surface area contributed by atoms with Gasteiger partial charge in [0.1, 0.15) is 5.78 Å². The van der Waals surface area contributed by atoms with Crippen LogP contribution in [0.4, 0.5) is 0 Å². The molecule has 0 aromatic heterocycles. The number of Topliss-reactive ketones (excluding diaryl/α,β-unsaturated/α-hetero) is 1. The molecule has 0 saturated carbocycles. The molecule has 13 heavy (non-hydrogen) atoms. The predicted molar refractivity (Wildman–Crippen MR) is 49.8 cm³/mol. The van der Waals surface area contributed by atoms with Crippen molar-refractivity contribution < 1.29 is 14.3 Å². The second-order valence-electron chi connectivity index (χ2n) is 3.38. The smallest absolute Gasteiger partial charge is 0.155 e. The lowest BCUT2D eigenvalue weighted by molar-refractivity contribution is -0.228. The van der Waals surface area contributed by atoms with Crippen LogP contribution < -0.4 is 0 Å². The third kappa shape index (κ3) is 3.63. The Bertz CT molecular complexity index is 184. The molecular weight excluding hydrogens is 192 g/mol. The van der Waals surface area contributed by atoms with E-state index in [9.17, 15) is 4.79 Å². The van der Waals surface area contributed by atoms with Crippen LogP contribution in [-0.2, 0) is 14.3 Å². The Balaban J connectivity index is 2.42. The van der Waals surface area contributed by atoms with Crippen LogP contribution in [0.5, 0.6) is 0 Å². The van der Waals surface area contributed by atoms with Gasteiger partial charge in [0.25, 0.3) is 0 Å².